The van der Waals surface area contributed by atoms with Gasteiger partial charge in [0, 0.05) is 25.7 Å². The van der Waals surface area contributed by atoms with Gasteiger partial charge in [-0.25, -0.2) is 9.13 Å². The SMILES string of the molecule is CCCCCCCCCCCCCCCCCCCCCCCC(=O)O[C@H](COC(=O)CCCCCCCCCCC)COP(=O)(O)OC[C@@H](O)COP(=O)(O)OC[C@@H](COC(=O)CCCCCCC)OC(=O)CCCCCCCCCCC. The van der Waals surface area contributed by atoms with Gasteiger partial charge in [-0.3, -0.25) is 37.3 Å². The lowest BCUT2D eigenvalue weighted by atomic mass is 10.0. The number of esters is 4. The monoisotopic (exact) mass is 1240 g/mol. The minimum absolute atomic E-state index is 0.105. The van der Waals surface area contributed by atoms with Crippen molar-refractivity contribution in [2.75, 3.05) is 39.6 Å². The molecule has 0 fully saturated rings. The highest BCUT2D eigenvalue weighted by molar-refractivity contribution is 7.47. The molecule has 498 valence electrons. The minimum Gasteiger partial charge on any atom is -0.462 e. The van der Waals surface area contributed by atoms with Crippen LogP contribution in [0.25, 0.3) is 0 Å². The molecule has 0 radical (unpaired) electrons. The number of carbonyl (C=O) groups is 4. The van der Waals surface area contributed by atoms with Crippen molar-refractivity contribution in [1.82, 2.24) is 0 Å². The molecule has 0 aromatic rings. The van der Waals surface area contributed by atoms with Gasteiger partial charge in [0.25, 0.3) is 0 Å². The van der Waals surface area contributed by atoms with E-state index in [-0.39, 0.29) is 25.7 Å². The standard InChI is InChI=1S/C65H126O17P2/c1-5-9-13-17-20-23-24-25-26-27-28-29-30-31-32-33-34-37-40-44-48-52-65(70)82-61(56-76-63(68)50-46-42-38-35-21-18-14-10-6-2)58-80-84(73,74)78-54-59(66)53-77-83(71,72)79-57-60(55-75-62(67)49-45-41-16-12-8-4)81-64(69)51-47-43-39-36-22-19-15-11-7-3/h59-61,66H,5-58H2,1-4H3,(H,71,72)(H,73,74)/t59-,60+,61+/m0/s1. The molecule has 19 heteroatoms. The number of hydrogen-bond acceptors (Lipinski definition) is 15. The average molecular weight is 1240 g/mol. The summed E-state index contributed by atoms with van der Waals surface area (Å²) >= 11 is 0. The largest absolute Gasteiger partial charge is 0.472 e. The van der Waals surface area contributed by atoms with Gasteiger partial charge < -0.3 is 33.8 Å². The van der Waals surface area contributed by atoms with Crippen molar-refractivity contribution < 1.29 is 80.2 Å². The van der Waals surface area contributed by atoms with Crippen LogP contribution in [0.2, 0.25) is 0 Å². The molecule has 0 aliphatic carbocycles. The number of hydrogen-bond donors (Lipinski definition) is 3. The van der Waals surface area contributed by atoms with E-state index < -0.39 is 97.5 Å². The summed E-state index contributed by atoms with van der Waals surface area (Å²) in [5.74, 6) is -2.15. The van der Waals surface area contributed by atoms with Gasteiger partial charge in [-0.1, -0.05) is 285 Å². The lowest BCUT2D eigenvalue weighted by Gasteiger charge is -2.21. The number of phosphoric acid groups is 2. The lowest BCUT2D eigenvalue weighted by molar-refractivity contribution is -0.161. The maximum absolute atomic E-state index is 13.0. The molecular formula is C65H126O17P2. The van der Waals surface area contributed by atoms with Crippen molar-refractivity contribution in [2.45, 2.75) is 354 Å². The number of aliphatic hydroxyl groups is 1. The molecule has 0 aromatic carbocycles. The first kappa shape index (κ1) is 82.1. The molecule has 0 rings (SSSR count). The Bertz CT molecular complexity index is 1620. The Morgan fingerprint density at radius 3 is 0.702 bits per heavy atom. The van der Waals surface area contributed by atoms with E-state index in [1.54, 1.807) is 0 Å². The topological polar surface area (TPSA) is 237 Å². The number of rotatable bonds is 66. The van der Waals surface area contributed by atoms with Gasteiger partial charge in [-0.05, 0) is 25.7 Å². The van der Waals surface area contributed by atoms with E-state index in [2.05, 4.69) is 27.7 Å². The third-order valence-electron chi connectivity index (χ3n) is 15.1. The van der Waals surface area contributed by atoms with Gasteiger partial charge in [0.1, 0.15) is 19.3 Å². The maximum Gasteiger partial charge on any atom is 0.472 e. The second kappa shape index (κ2) is 60.0. The fraction of sp³-hybridized carbons (Fsp3) is 0.938. The van der Waals surface area contributed by atoms with Crippen molar-refractivity contribution in [1.29, 1.82) is 0 Å². The fourth-order valence-corrected chi connectivity index (χ4v) is 11.4. The molecule has 5 atom stereocenters. The van der Waals surface area contributed by atoms with E-state index in [0.717, 1.165) is 96.3 Å². The van der Waals surface area contributed by atoms with Crippen molar-refractivity contribution in [3.05, 3.63) is 0 Å². The number of aliphatic hydroxyl groups excluding tert-OH is 1. The predicted octanol–water partition coefficient (Wildman–Crippen LogP) is 18.3. The van der Waals surface area contributed by atoms with Crippen molar-refractivity contribution in [3.63, 3.8) is 0 Å². The first-order valence-corrected chi connectivity index (χ1v) is 37.3. The van der Waals surface area contributed by atoms with E-state index in [0.29, 0.717) is 25.7 Å². The highest BCUT2D eigenvalue weighted by Crippen LogP contribution is 2.45. The van der Waals surface area contributed by atoms with E-state index in [1.807, 2.05) is 0 Å². The molecule has 2 unspecified atom stereocenters. The van der Waals surface area contributed by atoms with Crippen molar-refractivity contribution in [3.8, 4) is 0 Å². The van der Waals surface area contributed by atoms with Crippen molar-refractivity contribution >= 4 is 39.5 Å². The van der Waals surface area contributed by atoms with Crippen LogP contribution in [-0.4, -0.2) is 96.7 Å². The number of unbranched alkanes of at least 4 members (excludes halogenated alkanes) is 40. The Kier molecular flexibility index (Phi) is 58.6. The molecule has 0 bridgehead atoms. The molecule has 0 aromatic heterocycles. The zero-order valence-electron chi connectivity index (χ0n) is 53.9. The Balaban J connectivity index is 5.04. The molecule has 3 N–H and O–H groups in total. The molecule has 0 saturated carbocycles. The minimum atomic E-state index is -4.94. The van der Waals surface area contributed by atoms with Crippen LogP contribution in [0.4, 0.5) is 0 Å². The van der Waals surface area contributed by atoms with E-state index >= 15 is 0 Å². The summed E-state index contributed by atoms with van der Waals surface area (Å²) in [6.45, 7) is 4.78. The summed E-state index contributed by atoms with van der Waals surface area (Å²) in [6, 6.07) is 0. The lowest BCUT2D eigenvalue weighted by Crippen LogP contribution is -2.30. The smallest absolute Gasteiger partial charge is 0.462 e. The first-order chi connectivity index (χ1) is 40.7. The molecule has 0 heterocycles. The first-order valence-electron chi connectivity index (χ1n) is 34.3. The fourth-order valence-electron chi connectivity index (χ4n) is 9.81. The quantitative estimate of drug-likeness (QED) is 0.0222. The molecule has 0 amide bonds. The van der Waals surface area contributed by atoms with Crippen LogP contribution in [0.5, 0.6) is 0 Å². The predicted molar refractivity (Wildman–Crippen MR) is 335 cm³/mol. The van der Waals surface area contributed by atoms with E-state index in [4.69, 9.17) is 37.0 Å². The summed E-state index contributed by atoms with van der Waals surface area (Å²) in [4.78, 5) is 71.9. The van der Waals surface area contributed by atoms with E-state index in [1.165, 1.54) is 161 Å². The number of carbonyl (C=O) groups excluding carboxylic acids is 4. The van der Waals surface area contributed by atoms with Gasteiger partial charge >= 0.3 is 39.5 Å². The molecule has 0 spiro atoms. The summed E-state index contributed by atoms with van der Waals surface area (Å²) in [7, 11) is -9.87. The van der Waals surface area contributed by atoms with Gasteiger partial charge in [0.15, 0.2) is 12.2 Å². The number of ether oxygens (including phenoxy) is 4. The summed E-state index contributed by atoms with van der Waals surface area (Å²) in [6.07, 6.45) is 46.4. The van der Waals surface area contributed by atoms with Crippen LogP contribution >= 0.6 is 15.6 Å². The normalized spacial score (nSPS) is 14.1. The third kappa shape index (κ3) is 59.0. The zero-order chi connectivity index (χ0) is 61.9. The van der Waals surface area contributed by atoms with Crippen LogP contribution in [0, 0.1) is 0 Å². The van der Waals surface area contributed by atoms with Crippen LogP contribution in [0.3, 0.4) is 0 Å². The molecule has 0 aliphatic rings. The van der Waals surface area contributed by atoms with Gasteiger partial charge in [0.05, 0.1) is 26.4 Å². The third-order valence-corrected chi connectivity index (χ3v) is 17.0. The van der Waals surface area contributed by atoms with Crippen LogP contribution in [0.1, 0.15) is 336 Å². The van der Waals surface area contributed by atoms with Gasteiger partial charge in [-0.15, -0.1) is 0 Å². The molecule has 17 nitrogen and oxygen atoms in total. The summed E-state index contributed by atoms with van der Waals surface area (Å²) < 4.78 is 67.7. The Morgan fingerprint density at radius 2 is 0.476 bits per heavy atom. The van der Waals surface area contributed by atoms with Crippen molar-refractivity contribution in [2.24, 2.45) is 0 Å². The average Bonchev–Trinajstić information content (AvgIpc) is 3.64. The second-order valence-corrected chi connectivity index (χ2v) is 26.4. The molecule has 84 heavy (non-hydrogen) atoms. The zero-order valence-corrected chi connectivity index (χ0v) is 55.7. The van der Waals surface area contributed by atoms with Gasteiger partial charge in [0.2, 0.25) is 0 Å². The van der Waals surface area contributed by atoms with Crippen LogP contribution < -0.4 is 0 Å². The summed E-state index contributed by atoms with van der Waals surface area (Å²) in [5, 5.41) is 10.5. The van der Waals surface area contributed by atoms with Crippen LogP contribution in [-0.2, 0) is 65.4 Å². The Labute approximate surface area is 511 Å². The molecule has 0 saturated heterocycles. The molecular weight excluding hydrogens is 1110 g/mol. The maximum atomic E-state index is 13.0. The molecule has 0 aliphatic heterocycles. The van der Waals surface area contributed by atoms with Crippen LogP contribution in [0.15, 0.2) is 0 Å². The van der Waals surface area contributed by atoms with E-state index in [9.17, 15) is 43.2 Å². The summed E-state index contributed by atoms with van der Waals surface area (Å²) in [5.41, 5.74) is 0. The Hall–Kier alpha value is -1.94. The number of phosphoric ester groups is 2. The Morgan fingerprint density at radius 1 is 0.286 bits per heavy atom. The second-order valence-electron chi connectivity index (χ2n) is 23.5. The van der Waals surface area contributed by atoms with Gasteiger partial charge in [-0.2, -0.15) is 0 Å². The highest BCUT2D eigenvalue weighted by atomic mass is 31.2. The highest BCUT2D eigenvalue weighted by Gasteiger charge is 2.30.